The van der Waals surface area contributed by atoms with Crippen LogP contribution in [0.15, 0.2) is 18.2 Å². The van der Waals surface area contributed by atoms with Crippen LogP contribution in [0, 0.1) is 0 Å². The number of nitrogens with one attached hydrogen (secondary N) is 1. The van der Waals surface area contributed by atoms with Crippen LogP contribution in [0.4, 0.5) is 5.69 Å². The van der Waals surface area contributed by atoms with Crippen molar-refractivity contribution < 1.29 is 14.3 Å². The van der Waals surface area contributed by atoms with Crippen LogP contribution in [-0.2, 0) is 16.1 Å². The molecular formula is C16H28N2O3. The second kappa shape index (κ2) is 11.0. The van der Waals surface area contributed by atoms with E-state index in [9.17, 15) is 4.79 Å². The molecule has 0 heterocycles. The van der Waals surface area contributed by atoms with Crippen LogP contribution in [0.25, 0.3) is 0 Å². The van der Waals surface area contributed by atoms with Crippen molar-refractivity contribution in [1.29, 1.82) is 0 Å². The number of carbonyl (C=O) groups is 1. The molecule has 1 aromatic rings. The molecule has 0 aliphatic carbocycles. The molecule has 0 atom stereocenters. The summed E-state index contributed by atoms with van der Waals surface area (Å²) < 4.78 is 10.6. The van der Waals surface area contributed by atoms with E-state index in [2.05, 4.69) is 19.2 Å². The summed E-state index contributed by atoms with van der Waals surface area (Å²) in [6, 6.07) is 6.00. The molecule has 0 bridgehead atoms. The number of anilines is 1. The summed E-state index contributed by atoms with van der Waals surface area (Å²) in [4.78, 5) is 10.8. The van der Waals surface area contributed by atoms with E-state index in [-0.39, 0.29) is 12.6 Å². The molecular weight excluding hydrogens is 268 g/mol. The van der Waals surface area contributed by atoms with Crippen LogP contribution in [0.3, 0.4) is 0 Å². The normalized spacial score (nSPS) is 9.67. The van der Waals surface area contributed by atoms with Crippen LogP contribution < -0.4 is 15.8 Å². The van der Waals surface area contributed by atoms with E-state index < -0.39 is 0 Å². The maximum absolute atomic E-state index is 10.8. The highest BCUT2D eigenvalue weighted by molar-refractivity contribution is 5.66. The average Bonchev–Trinajstić information content (AvgIpc) is 2.46. The zero-order chi connectivity index (χ0) is 16.3. The molecule has 5 heteroatoms. The summed E-state index contributed by atoms with van der Waals surface area (Å²) >= 11 is 0. The van der Waals surface area contributed by atoms with E-state index in [1.807, 2.05) is 32.0 Å². The third-order valence-corrected chi connectivity index (χ3v) is 2.31. The van der Waals surface area contributed by atoms with Gasteiger partial charge in [-0.15, -0.1) is 0 Å². The van der Waals surface area contributed by atoms with Gasteiger partial charge in [-0.3, -0.25) is 4.79 Å². The second-order valence-electron chi connectivity index (χ2n) is 4.55. The summed E-state index contributed by atoms with van der Waals surface area (Å²) in [7, 11) is 0. The second-order valence-corrected chi connectivity index (χ2v) is 4.55. The number of hydrogen-bond acceptors (Lipinski definition) is 5. The monoisotopic (exact) mass is 296 g/mol. The zero-order valence-electron chi connectivity index (χ0n) is 13.7. The molecule has 120 valence electrons. The van der Waals surface area contributed by atoms with Gasteiger partial charge in [-0.25, -0.2) is 0 Å². The van der Waals surface area contributed by atoms with E-state index in [1.54, 1.807) is 0 Å². The highest BCUT2D eigenvalue weighted by Gasteiger charge is 2.07. The van der Waals surface area contributed by atoms with E-state index in [0.29, 0.717) is 19.2 Å². The van der Waals surface area contributed by atoms with Gasteiger partial charge in [-0.05, 0) is 31.5 Å². The number of rotatable bonds is 7. The standard InChI is InChI=1S/C14H22N2O3.C2H6/c1-10(2)16-13-5-4-12(9-19-11(3)17)8-14(13)18-7-6-15;1-2/h4-5,8,10,16H,6-7,9,15H2,1-3H3;1-2H3. The first-order valence-corrected chi connectivity index (χ1v) is 7.38. The quantitative estimate of drug-likeness (QED) is 0.757. The van der Waals surface area contributed by atoms with Crippen LogP contribution in [-0.4, -0.2) is 25.2 Å². The predicted octanol–water partition coefficient (Wildman–Crippen LogP) is 2.93. The molecule has 0 radical (unpaired) electrons. The van der Waals surface area contributed by atoms with Gasteiger partial charge in [0, 0.05) is 19.5 Å². The Labute approximate surface area is 127 Å². The topological polar surface area (TPSA) is 73.6 Å². The highest BCUT2D eigenvalue weighted by Crippen LogP contribution is 2.27. The molecule has 0 aliphatic rings. The molecule has 0 unspecified atom stereocenters. The lowest BCUT2D eigenvalue weighted by Crippen LogP contribution is -2.14. The Bertz CT molecular complexity index is 420. The van der Waals surface area contributed by atoms with Gasteiger partial charge in [0.25, 0.3) is 0 Å². The minimum absolute atomic E-state index is 0.246. The third kappa shape index (κ3) is 8.19. The first-order valence-electron chi connectivity index (χ1n) is 7.38. The molecule has 0 saturated carbocycles. The van der Waals surface area contributed by atoms with Crippen molar-refractivity contribution in [2.45, 2.75) is 47.3 Å². The smallest absolute Gasteiger partial charge is 0.302 e. The Kier molecular flexibility index (Phi) is 10.1. The predicted molar refractivity (Wildman–Crippen MR) is 86.6 cm³/mol. The van der Waals surface area contributed by atoms with Gasteiger partial charge >= 0.3 is 5.97 Å². The van der Waals surface area contributed by atoms with Crippen molar-refractivity contribution in [1.82, 2.24) is 0 Å². The van der Waals surface area contributed by atoms with E-state index in [1.165, 1.54) is 6.92 Å². The minimum atomic E-state index is -0.297. The van der Waals surface area contributed by atoms with Crippen molar-refractivity contribution in [2.24, 2.45) is 5.73 Å². The van der Waals surface area contributed by atoms with Crippen LogP contribution in [0.5, 0.6) is 5.75 Å². The molecule has 0 saturated heterocycles. The summed E-state index contributed by atoms with van der Waals surface area (Å²) in [6.07, 6.45) is 0. The molecule has 21 heavy (non-hydrogen) atoms. The number of hydrogen-bond donors (Lipinski definition) is 2. The molecule has 0 aliphatic heterocycles. The van der Waals surface area contributed by atoms with Gasteiger partial charge in [0.15, 0.2) is 0 Å². The van der Waals surface area contributed by atoms with Crippen LogP contribution >= 0.6 is 0 Å². The lowest BCUT2D eigenvalue weighted by molar-refractivity contribution is -0.142. The summed E-state index contributed by atoms with van der Waals surface area (Å²) in [6.45, 7) is 10.6. The highest BCUT2D eigenvalue weighted by atomic mass is 16.5. The maximum atomic E-state index is 10.8. The fourth-order valence-electron chi connectivity index (χ4n) is 1.56. The molecule has 3 N–H and O–H groups in total. The fraction of sp³-hybridized carbons (Fsp3) is 0.562. The van der Waals surface area contributed by atoms with Crippen molar-refractivity contribution in [3.8, 4) is 5.75 Å². The molecule has 1 rings (SSSR count). The van der Waals surface area contributed by atoms with Crippen molar-refractivity contribution in [3.63, 3.8) is 0 Å². The Balaban J connectivity index is 0.00000191. The number of nitrogens with two attached hydrogens (primary N) is 1. The molecule has 1 aromatic carbocycles. The van der Waals surface area contributed by atoms with Gasteiger partial charge in [0.1, 0.15) is 19.0 Å². The Hall–Kier alpha value is -1.75. The van der Waals surface area contributed by atoms with Crippen LogP contribution in [0.2, 0.25) is 0 Å². The van der Waals surface area contributed by atoms with Gasteiger partial charge in [0.2, 0.25) is 0 Å². The number of ether oxygens (including phenoxy) is 2. The van der Waals surface area contributed by atoms with E-state index in [4.69, 9.17) is 15.2 Å². The molecule has 0 spiro atoms. The van der Waals surface area contributed by atoms with Crippen molar-refractivity contribution in [2.75, 3.05) is 18.5 Å². The Morgan fingerprint density at radius 3 is 2.52 bits per heavy atom. The average molecular weight is 296 g/mol. The number of carbonyl (C=O) groups excluding carboxylic acids is 1. The van der Waals surface area contributed by atoms with Crippen molar-refractivity contribution in [3.05, 3.63) is 23.8 Å². The third-order valence-electron chi connectivity index (χ3n) is 2.31. The molecule has 0 aromatic heterocycles. The fourth-order valence-corrected chi connectivity index (χ4v) is 1.56. The maximum Gasteiger partial charge on any atom is 0.302 e. The van der Waals surface area contributed by atoms with Gasteiger partial charge in [-0.1, -0.05) is 19.9 Å². The van der Waals surface area contributed by atoms with E-state index in [0.717, 1.165) is 17.0 Å². The SMILES string of the molecule is CC.CC(=O)OCc1ccc(NC(C)C)c(OCCN)c1. The van der Waals surface area contributed by atoms with E-state index >= 15 is 0 Å². The lowest BCUT2D eigenvalue weighted by atomic mass is 10.2. The van der Waals surface area contributed by atoms with Crippen molar-refractivity contribution >= 4 is 11.7 Å². The number of esters is 1. The Morgan fingerprint density at radius 2 is 2.00 bits per heavy atom. The summed E-state index contributed by atoms with van der Waals surface area (Å²) in [5.41, 5.74) is 7.25. The molecule has 0 amide bonds. The first kappa shape index (κ1) is 19.2. The first-order chi connectivity index (χ1) is 10.0. The van der Waals surface area contributed by atoms with Gasteiger partial charge < -0.3 is 20.5 Å². The minimum Gasteiger partial charge on any atom is -0.490 e. The molecule has 5 nitrogen and oxygen atoms in total. The zero-order valence-corrected chi connectivity index (χ0v) is 13.7. The number of benzene rings is 1. The molecule has 0 fully saturated rings. The summed E-state index contributed by atoms with van der Waals surface area (Å²) in [5, 5.41) is 3.30. The van der Waals surface area contributed by atoms with Crippen LogP contribution in [0.1, 0.15) is 40.2 Å². The summed E-state index contributed by atoms with van der Waals surface area (Å²) in [5.74, 6) is 0.428. The Morgan fingerprint density at radius 1 is 1.33 bits per heavy atom. The van der Waals surface area contributed by atoms with Gasteiger partial charge in [-0.2, -0.15) is 0 Å². The lowest BCUT2D eigenvalue weighted by Gasteiger charge is -2.16. The largest absolute Gasteiger partial charge is 0.490 e. The van der Waals surface area contributed by atoms with Gasteiger partial charge in [0.05, 0.1) is 5.69 Å².